The topological polar surface area (TPSA) is 26.0 Å². The van der Waals surface area contributed by atoms with E-state index in [1.54, 1.807) is 18.2 Å². The molecule has 0 spiro atoms. The summed E-state index contributed by atoms with van der Waals surface area (Å²) in [5.74, 6) is 0.473. The lowest BCUT2D eigenvalue weighted by Gasteiger charge is -2.13. The lowest BCUT2D eigenvalue weighted by atomic mass is 10.0. The van der Waals surface area contributed by atoms with Crippen molar-refractivity contribution in [3.8, 4) is 0 Å². The second-order valence-corrected chi connectivity index (χ2v) is 4.68. The van der Waals surface area contributed by atoms with E-state index in [1.165, 1.54) is 12.8 Å². The summed E-state index contributed by atoms with van der Waals surface area (Å²) in [5, 5.41) is 0.161. The molecule has 15 heavy (non-hydrogen) atoms. The monoisotopic (exact) mass is 227 g/mol. The molecule has 0 heterocycles. The average molecular weight is 228 g/mol. The van der Waals surface area contributed by atoms with E-state index in [1.807, 2.05) is 0 Å². The molecule has 0 amide bonds. The second kappa shape index (κ2) is 4.50. The highest BCUT2D eigenvalue weighted by molar-refractivity contribution is 6.30. The van der Waals surface area contributed by atoms with E-state index in [0.717, 1.165) is 18.8 Å². The van der Waals surface area contributed by atoms with Gasteiger partial charge in [0.2, 0.25) is 0 Å². The Morgan fingerprint density at radius 1 is 1.47 bits per heavy atom. The standard InChI is InChI=1S/C12H15ClFN/c13-10-3-1-2-9(12(10)14)11(15)7-6-8-4-5-8/h1-3,8,11H,4-7,15H2. The van der Waals surface area contributed by atoms with Crippen molar-refractivity contribution in [1.29, 1.82) is 0 Å². The maximum atomic E-state index is 13.6. The fourth-order valence-corrected chi connectivity index (χ4v) is 1.97. The van der Waals surface area contributed by atoms with Crippen molar-refractivity contribution < 1.29 is 4.39 Å². The van der Waals surface area contributed by atoms with Gasteiger partial charge in [0.1, 0.15) is 5.82 Å². The number of rotatable bonds is 4. The molecular formula is C12H15ClFN. The van der Waals surface area contributed by atoms with Gasteiger partial charge in [-0.3, -0.25) is 0 Å². The Labute approximate surface area is 94.4 Å². The lowest BCUT2D eigenvalue weighted by Crippen LogP contribution is -2.12. The molecule has 3 heteroatoms. The number of halogens is 2. The minimum absolute atomic E-state index is 0.161. The van der Waals surface area contributed by atoms with Gasteiger partial charge in [-0.15, -0.1) is 0 Å². The van der Waals surface area contributed by atoms with Crippen molar-refractivity contribution in [2.24, 2.45) is 11.7 Å². The van der Waals surface area contributed by atoms with Crippen LogP contribution in [0.25, 0.3) is 0 Å². The van der Waals surface area contributed by atoms with Gasteiger partial charge in [0, 0.05) is 11.6 Å². The van der Waals surface area contributed by atoms with Gasteiger partial charge >= 0.3 is 0 Å². The predicted molar refractivity (Wildman–Crippen MR) is 60.3 cm³/mol. The van der Waals surface area contributed by atoms with E-state index >= 15 is 0 Å². The van der Waals surface area contributed by atoms with E-state index in [2.05, 4.69) is 0 Å². The Morgan fingerprint density at radius 3 is 2.87 bits per heavy atom. The molecule has 1 nitrogen and oxygen atoms in total. The molecule has 0 aliphatic heterocycles. The van der Waals surface area contributed by atoms with Crippen molar-refractivity contribution >= 4 is 11.6 Å². The second-order valence-electron chi connectivity index (χ2n) is 4.27. The summed E-state index contributed by atoms with van der Waals surface area (Å²) < 4.78 is 13.6. The highest BCUT2D eigenvalue weighted by Crippen LogP contribution is 2.36. The van der Waals surface area contributed by atoms with Crippen LogP contribution in [0.5, 0.6) is 0 Å². The first kappa shape index (κ1) is 10.9. The van der Waals surface area contributed by atoms with Crippen LogP contribution in [0, 0.1) is 11.7 Å². The molecule has 0 bridgehead atoms. The molecule has 1 unspecified atom stereocenters. The van der Waals surface area contributed by atoms with Gasteiger partial charge in [0.25, 0.3) is 0 Å². The molecule has 1 fully saturated rings. The van der Waals surface area contributed by atoms with Crippen LogP contribution in [-0.4, -0.2) is 0 Å². The largest absolute Gasteiger partial charge is 0.324 e. The first-order valence-electron chi connectivity index (χ1n) is 5.38. The molecule has 82 valence electrons. The maximum absolute atomic E-state index is 13.6. The summed E-state index contributed by atoms with van der Waals surface area (Å²) in [5.41, 5.74) is 6.49. The minimum Gasteiger partial charge on any atom is -0.324 e. The van der Waals surface area contributed by atoms with Gasteiger partial charge in [-0.2, -0.15) is 0 Å². The van der Waals surface area contributed by atoms with Gasteiger partial charge in [-0.05, 0) is 24.8 Å². The summed E-state index contributed by atoms with van der Waals surface area (Å²) in [6.07, 6.45) is 4.57. The number of nitrogens with two attached hydrogens (primary N) is 1. The Bertz CT molecular complexity index is 349. The number of hydrogen-bond acceptors (Lipinski definition) is 1. The Morgan fingerprint density at radius 2 is 2.20 bits per heavy atom. The van der Waals surface area contributed by atoms with Crippen molar-refractivity contribution in [3.05, 3.63) is 34.6 Å². The lowest BCUT2D eigenvalue weighted by molar-refractivity contribution is 0.535. The van der Waals surface area contributed by atoms with Crippen LogP contribution in [0.15, 0.2) is 18.2 Å². The molecule has 1 atom stereocenters. The van der Waals surface area contributed by atoms with Gasteiger partial charge in [0.15, 0.2) is 0 Å². The zero-order valence-electron chi connectivity index (χ0n) is 8.55. The highest BCUT2D eigenvalue weighted by Gasteiger charge is 2.23. The maximum Gasteiger partial charge on any atom is 0.146 e. The van der Waals surface area contributed by atoms with E-state index in [0.29, 0.717) is 5.56 Å². The molecule has 0 aromatic heterocycles. The van der Waals surface area contributed by atoms with Crippen LogP contribution in [-0.2, 0) is 0 Å². The Kier molecular flexibility index (Phi) is 3.27. The molecule has 1 saturated carbocycles. The third-order valence-corrected chi connectivity index (χ3v) is 3.26. The van der Waals surface area contributed by atoms with Crippen LogP contribution in [0.4, 0.5) is 4.39 Å². The smallest absolute Gasteiger partial charge is 0.146 e. The summed E-state index contributed by atoms with van der Waals surface area (Å²) in [4.78, 5) is 0. The molecule has 0 radical (unpaired) electrons. The third kappa shape index (κ3) is 2.70. The molecule has 1 aliphatic carbocycles. The van der Waals surface area contributed by atoms with E-state index in [4.69, 9.17) is 17.3 Å². The van der Waals surface area contributed by atoms with Crippen LogP contribution in [0.1, 0.15) is 37.3 Å². The van der Waals surface area contributed by atoms with Gasteiger partial charge in [0.05, 0.1) is 5.02 Å². The summed E-state index contributed by atoms with van der Waals surface area (Å²) in [6.45, 7) is 0. The average Bonchev–Trinajstić information content (AvgIpc) is 3.02. The van der Waals surface area contributed by atoms with Crippen LogP contribution in [0.3, 0.4) is 0 Å². The Hall–Kier alpha value is -0.600. The Balaban J connectivity index is 2.02. The van der Waals surface area contributed by atoms with Crippen LogP contribution in [0.2, 0.25) is 5.02 Å². The molecule has 1 aromatic rings. The summed E-state index contributed by atoms with van der Waals surface area (Å²) >= 11 is 5.70. The first-order valence-corrected chi connectivity index (χ1v) is 5.75. The molecule has 0 saturated heterocycles. The van der Waals surface area contributed by atoms with Gasteiger partial charge in [-0.1, -0.05) is 36.6 Å². The zero-order chi connectivity index (χ0) is 10.8. The van der Waals surface area contributed by atoms with Crippen molar-refractivity contribution in [2.75, 3.05) is 0 Å². The normalized spacial score (nSPS) is 17.8. The predicted octanol–water partition coefficient (Wildman–Crippen LogP) is 3.67. The van der Waals surface area contributed by atoms with Gasteiger partial charge < -0.3 is 5.73 Å². The molecule has 2 rings (SSSR count). The van der Waals surface area contributed by atoms with Gasteiger partial charge in [-0.25, -0.2) is 4.39 Å². The molecular weight excluding hydrogens is 213 g/mol. The van der Waals surface area contributed by atoms with E-state index < -0.39 is 0 Å². The highest BCUT2D eigenvalue weighted by atomic mass is 35.5. The first-order chi connectivity index (χ1) is 7.18. The third-order valence-electron chi connectivity index (χ3n) is 2.96. The van der Waals surface area contributed by atoms with Crippen LogP contribution >= 0.6 is 11.6 Å². The summed E-state index contributed by atoms with van der Waals surface area (Å²) in [6, 6.07) is 4.80. The quantitative estimate of drug-likeness (QED) is 0.835. The zero-order valence-corrected chi connectivity index (χ0v) is 9.30. The summed E-state index contributed by atoms with van der Waals surface area (Å²) in [7, 11) is 0. The molecule has 1 aromatic carbocycles. The van der Waals surface area contributed by atoms with Crippen molar-refractivity contribution in [2.45, 2.75) is 31.7 Å². The fraction of sp³-hybridized carbons (Fsp3) is 0.500. The molecule has 1 aliphatic rings. The SMILES string of the molecule is NC(CCC1CC1)c1cccc(Cl)c1F. The van der Waals surface area contributed by atoms with E-state index in [9.17, 15) is 4.39 Å². The van der Waals surface area contributed by atoms with Crippen molar-refractivity contribution in [3.63, 3.8) is 0 Å². The molecule has 2 N–H and O–H groups in total. The van der Waals surface area contributed by atoms with Crippen LogP contribution < -0.4 is 5.73 Å². The van der Waals surface area contributed by atoms with Crippen molar-refractivity contribution in [1.82, 2.24) is 0 Å². The number of benzene rings is 1. The van der Waals surface area contributed by atoms with E-state index in [-0.39, 0.29) is 16.9 Å². The minimum atomic E-state index is -0.359. The fourth-order valence-electron chi connectivity index (χ4n) is 1.78. The number of hydrogen-bond donors (Lipinski definition) is 1.